The summed E-state index contributed by atoms with van der Waals surface area (Å²) in [6.45, 7) is 4.28. The molecule has 0 aromatic carbocycles. The summed E-state index contributed by atoms with van der Waals surface area (Å²) in [4.78, 5) is 0. The van der Waals surface area contributed by atoms with Gasteiger partial charge >= 0.3 is 0 Å². The SMILES string of the molecule is CO[C@@H]1C[C@H](C)[C@H](C)C[C@@H]1F. The first-order valence-corrected chi connectivity index (χ1v) is 4.32. The van der Waals surface area contributed by atoms with Crippen LogP contribution in [0.15, 0.2) is 0 Å². The summed E-state index contributed by atoms with van der Waals surface area (Å²) in [5.41, 5.74) is 0. The normalized spacial score (nSPS) is 45.8. The zero-order valence-corrected chi connectivity index (χ0v) is 7.51. The van der Waals surface area contributed by atoms with E-state index in [-0.39, 0.29) is 6.10 Å². The van der Waals surface area contributed by atoms with Crippen LogP contribution in [-0.4, -0.2) is 19.4 Å². The molecule has 0 spiro atoms. The summed E-state index contributed by atoms with van der Waals surface area (Å²) in [5.74, 6) is 1.11. The summed E-state index contributed by atoms with van der Waals surface area (Å²) < 4.78 is 18.2. The molecule has 4 atom stereocenters. The van der Waals surface area contributed by atoms with Gasteiger partial charge in [-0.15, -0.1) is 0 Å². The van der Waals surface area contributed by atoms with E-state index in [1.807, 2.05) is 0 Å². The highest BCUT2D eigenvalue weighted by Gasteiger charge is 2.32. The molecule has 0 saturated heterocycles. The Labute approximate surface area is 67.9 Å². The van der Waals surface area contributed by atoms with Crippen LogP contribution in [0.1, 0.15) is 26.7 Å². The van der Waals surface area contributed by atoms with Crippen LogP contribution >= 0.6 is 0 Å². The third kappa shape index (κ3) is 1.92. The number of methoxy groups -OCH3 is 1. The van der Waals surface area contributed by atoms with E-state index >= 15 is 0 Å². The van der Waals surface area contributed by atoms with Gasteiger partial charge in [-0.3, -0.25) is 0 Å². The summed E-state index contributed by atoms with van der Waals surface area (Å²) >= 11 is 0. The summed E-state index contributed by atoms with van der Waals surface area (Å²) in [6.07, 6.45) is 0.644. The average Bonchev–Trinajstić information content (AvgIpc) is 1.97. The molecule has 0 amide bonds. The number of hydrogen-bond acceptors (Lipinski definition) is 1. The van der Waals surface area contributed by atoms with Crippen LogP contribution in [0.3, 0.4) is 0 Å². The minimum Gasteiger partial charge on any atom is -0.378 e. The Hall–Kier alpha value is -0.110. The van der Waals surface area contributed by atoms with E-state index in [0.717, 1.165) is 6.42 Å². The predicted octanol–water partition coefficient (Wildman–Crippen LogP) is 2.41. The molecule has 11 heavy (non-hydrogen) atoms. The van der Waals surface area contributed by atoms with Crippen LogP contribution in [0.5, 0.6) is 0 Å². The fraction of sp³-hybridized carbons (Fsp3) is 1.00. The van der Waals surface area contributed by atoms with Gasteiger partial charge in [0.2, 0.25) is 0 Å². The highest BCUT2D eigenvalue weighted by Crippen LogP contribution is 2.32. The van der Waals surface area contributed by atoms with E-state index < -0.39 is 6.17 Å². The predicted molar refractivity (Wildman–Crippen MR) is 43.3 cm³/mol. The molecule has 0 aromatic heterocycles. The molecule has 0 aliphatic heterocycles. The van der Waals surface area contributed by atoms with E-state index in [2.05, 4.69) is 13.8 Å². The minimum atomic E-state index is -0.744. The van der Waals surface area contributed by atoms with E-state index in [4.69, 9.17) is 4.74 Å². The molecule has 0 aromatic rings. The largest absolute Gasteiger partial charge is 0.378 e. The van der Waals surface area contributed by atoms with Crippen molar-refractivity contribution in [2.45, 2.75) is 39.0 Å². The zero-order chi connectivity index (χ0) is 8.43. The van der Waals surface area contributed by atoms with Crippen molar-refractivity contribution in [2.75, 3.05) is 7.11 Å². The Morgan fingerprint density at radius 2 is 1.73 bits per heavy atom. The molecule has 0 heterocycles. The Kier molecular flexibility index (Phi) is 2.88. The van der Waals surface area contributed by atoms with Gasteiger partial charge in [-0.05, 0) is 24.7 Å². The number of rotatable bonds is 1. The molecule has 1 saturated carbocycles. The first-order chi connectivity index (χ1) is 5.15. The van der Waals surface area contributed by atoms with Gasteiger partial charge in [0.1, 0.15) is 6.17 Å². The van der Waals surface area contributed by atoms with Gasteiger partial charge in [0.15, 0.2) is 0 Å². The van der Waals surface area contributed by atoms with Gasteiger partial charge < -0.3 is 4.74 Å². The third-order valence-corrected chi connectivity index (χ3v) is 2.88. The molecule has 0 radical (unpaired) electrons. The van der Waals surface area contributed by atoms with Crippen LogP contribution < -0.4 is 0 Å². The van der Waals surface area contributed by atoms with Crippen LogP contribution in [0, 0.1) is 11.8 Å². The number of alkyl halides is 1. The fourth-order valence-electron chi connectivity index (χ4n) is 1.73. The van der Waals surface area contributed by atoms with Crippen molar-refractivity contribution in [3.63, 3.8) is 0 Å². The number of halogens is 1. The molecule has 0 N–H and O–H groups in total. The Morgan fingerprint density at radius 1 is 1.18 bits per heavy atom. The monoisotopic (exact) mass is 160 g/mol. The minimum absolute atomic E-state index is 0.152. The lowest BCUT2D eigenvalue weighted by Crippen LogP contribution is -2.35. The van der Waals surface area contributed by atoms with Gasteiger partial charge in [0.05, 0.1) is 6.10 Å². The van der Waals surface area contributed by atoms with E-state index in [0.29, 0.717) is 18.3 Å². The van der Waals surface area contributed by atoms with Gasteiger partial charge in [-0.2, -0.15) is 0 Å². The second-order valence-corrected chi connectivity index (χ2v) is 3.72. The quantitative estimate of drug-likeness (QED) is 0.572. The molecule has 0 unspecified atom stereocenters. The lowest BCUT2D eigenvalue weighted by molar-refractivity contribution is -0.0256. The van der Waals surface area contributed by atoms with Crippen molar-refractivity contribution in [1.29, 1.82) is 0 Å². The van der Waals surface area contributed by atoms with Gasteiger partial charge in [0, 0.05) is 7.11 Å². The molecule has 0 bridgehead atoms. The summed E-state index contributed by atoms with van der Waals surface area (Å²) in [5, 5.41) is 0. The second-order valence-electron chi connectivity index (χ2n) is 3.72. The van der Waals surface area contributed by atoms with Crippen molar-refractivity contribution in [3.05, 3.63) is 0 Å². The smallest absolute Gasteiger partial charge is 0.126 e. The highest BCUT2D eigenvalue weighted by atomic mass is 19.1. The summed E-state index contributed by atoms with van der Waals surface area (Å²) in [6, 6.07) is 0. The van der Waals surface area contributed by atoms with Gasteiger partial charge in [-0.1, -0.05) is 13.8 Å². The van der Waals surface area contributed by atoms with E-state index in [1.165, 1.54) is 0 Å². The van der Waals surface area contributed by atoms with Crippen molar-refractivity contribution in [3.8, 4) is 0 Å². The van der Waals surface area contributed by atoms with Crippen molar-refractivity contribution in [1.82, 2.24) is 0 Å². The van der Waals surface area contributed by atoms with Crippen LogP contribution in [-0.2, 0) is 4.74 Å². The fourth-order valence-corrected chi connectivity index (χ4v) is 1.73. The first kappa shape index (κ1) is 8.98. The summed E-state index contributed by atoms with van der Waals surface area (Å²) in [7, 11) is 1.60. The van der Waals surface area contributed by atoms with E-state index in [1.54, 1.807) is 7.11 Å². The van der Waals surface area contributed by atoms with Crippen LogP contribution in [0.2, 0.25) is 0 Å². The number of ether oxygens (including phenoxy) is 1. The van der Waals surface area contributed by atoms with E-state index in [9.17, 15) is 4.39 Å². The maximum absolute atomic E-state index is 13.1. The van der Waals surface area contributed by atoms with Gasteiger partial charge in [-0.25, -0.2) is 4.39 Å². The zero-order valence-electron chi connectivity index (χ0n) is 7.51. The van der Waals surface area contributed by atoms with Crippen LogP contribution in [0.25, 0.3) is 0 Å². The third-order valence-electron chi connectivity index (χ3n) is 2.88. The average molecular weight is 160 g/mol. The lowest BCUT2D eigenvalue weighted by atomic mass is 9.79. The maximum Gasteiger partial charge on any atom is 0.126 e. The number of hydrogen-bond donors (Lipinski definition) is 0. The molecule has 66 valence electrons. The molecule has 1 fully saturated rings. The second kappa shape index (κ2) is 3.53. The van der Waals surface area contributed by atoms with Crippen molar-refractivity contribution < 1.29 is 9.13 Å². The molecule has 1 rings (SSSR count). The molecular formula is C9H17FO. The molecule has 2 heteroatoms. The lowest BCUT2D eigenvalue weighted by Gasteiger charge is -2.33. The molecule has 1 aliphatic carbocycles. The molecule has 1 aliphatic rings. The Morgan fingerprint density at radius 3 is 2.27 bits per heavy atom. The molecule has 1 nitrogen and oxygen atoms in total. The highest BCUT2D eigenvalue weighted by molar-refractivity contribution is 4.82. The van der Waals surface area contributed by atoms with Crippen LogP contribution in [0.4, 0.5) is 4.39 Å². The Balaban J connectivity index is 2.48. The topological polar surface area (TPSA) is 9.23 Å². The van der Waals surface area contributed by atoms with Crippen molar-refractivity contribution in [2.24, 2.45) is 11.8 Å². The molecular weight excluding hydrogens is 143 g/mol. The maximum atomic E-state index is 13.1. The first-order valence-electron chi connectivity index (χ1n) is 4.32. The van der Waals surface area contributed by atoms with Crippen molar-refractivity contribution >= 4 is 0 Å². The standard InChI is InChI=1S/C9H17FO/c1-6-4-8(10)9(11-3)5-7(6)2/h6-9H,4-5H2,1-3H3/t6-,7+,8+,9-/m1/s1. The van der Waals surface area contributed by atoms with Gasteiger partial charge in [0.25, 0.3) is 0 Å². The Bertz CT molecular complexity index is 127.